The zero-order chi connectivity index (χ0) is 19.1. The van der Waals surface area contributed by atoms with Crippen LogP contribution in [0.25, 0.3) is 22.3 Å². The maximum Gasteiger partial charge on any atom is -0.0105 e. The molecule has 0 spiro atoms. The van der Waals surface area contributed by atoms with Gasteiger partial charge in [-0.3, -0.25) is 0 Å². The first-order valence-corrected chi connectivity index (χ1v) is 9.56. The van der Waals surface area contributed by atoms with Gasteiger partial charge in [0.1, 0.15) is 0 Å². The van der Waals surface area contributed by atoms with E-state index in [-0.39, 0.29) is 0 Å². The lowest BCUT2D eigenvalue weighted by Gasteiger charge is -2.10. The van der Waals surface area contributed by atoms with Crippen molar-refractivity contribution in [2.24, 2.45) is 0 Å². The third-order valence-corrected chi connectivity index (χ3v) is 3.37. The van der Waals surface area contributed by atoms with Crippen molar-refractivity contribution in [3.8, 4) is 22.3 Å². The molecule has 3 aromatic carbocycles. The number of benzene rings is 3. The van der Waals surface area contributed by atoms with E-state index in [1.165, 1.54) is 27.8 Å². The van der Waals surface area contributed by atoms with Crippen LogP contribution in [-0.2, 0) is 0 Å². The van der Waals surface area contributed by atoms with Gasteiger partial charge in [-0.15, -0.1) is 0 Å². The van der Waals surface area contributed by atoms with E-state index in [9.17, 15) is 0 Å². The molecule has 0 aromatic heterocycles. The topological polar surface area (TPSA) is 0 Å². The second-order valence-corrected chi connectivity index (χ2v) is 4.78. The molecule has 3 rings (SSSR count). The van der Waals surface area contributed by atoms with Crippen LogP contribution < -0.4 is 0 Å². The molecular formula is C25H34. The first-order chi connectivity index (χ1) is 12.3. The number of hydrogen-bond donors (Lipinski definition) is 0. The smallest absolute Gasteiger partial charge is 0.0105 e. The predicted molar refractivity (Wildman–Crippen MR) is 116 cm³/mol. The second kappa shape index (κ2) is 14.0. The molecule has 0 heteroatoms. The monoisotopic (exact) mass is 334 g/mol. The van der Waals surface area contributed by atoms with Gasteiger partial charge in [0.05, 0.1) is 0 Å². The van der Waals surface area contributed by atoms with Crippen molar-refractivity contribution < 1.29 is 0 Å². The Balaban J connectivity index is 0.000000871. The highest BCUT2D eigenvalue weighted by molar-refractivity contribution is 5.83. The molecule has 0 aliphatic carbocycles. The van der Waals surface area contributed by atoms with E-state index in [1.807, 2.05) is 41.5 Å². The van der Waals surface area contributed by atoms with Crippen LogP contribution in [0.4, 0.5) is 0 Å². The summed E-state index contributed by atoms with van der Waals surface area (Å²) in [5, 5.41) is 0. The van der Waals surface area contributed by atoms with Crippen LogP contribution in [0.5, 0.6) is 0 Å². The lowest BCUT2D eigenvalue weighted by atomic mass is 9.94. The fraction of sp³-hybridized carbons (Fsp3) is 0.280. The second-order valence-electron chi connectivity index (χ2n) is 4.78. The van der Waals surface area contributed by atoms with Gasteiger partial charge in [-0.05, 0) is 29.2 Å². The van der Waals surface area contributed by atoms with E-state index in [0.29, 0.717) is 0 Å². The number of aryl methyl sites for hydroxylation is 1. The van der Waals surface area contributed by atoms with Gasteiger partial charge in [-0.25, -0.2) is 0 Å². The quantitative estimate of drug-likeness (QED) is 0.441. The van der Waals surface area contributed by atoms with E-state index >= 15 is 0 Å². The Bertz CT molecular complexity index is 664. The van der Waals surface area contributed by atoms with Crippen LogP contribution in [0.1, 0.15) is 47.1 Å². The Kier molecular flexibility index (Phi) is 12.7. The molecule has 0 fully saturated rings. The van der Waals surface area contributed by atoms with E-state index in [4.69, 9.17) is 0 Å². The van der Waals surface area contributed by atoms with Gasteiger partial charge in [-0.2, -0.15) is 0 Å². The van der Waals surface area contributed by atoms with Crippen molar-refractivity contribution in [1.29, 1.82) is 0 Å². The molecule has 0 aliphatic rings. The van der Waals surface area contributed by atoms with E-state index in [2.05, 4.69) is 85.8 Å². The molecule has 0 amide bonds. The largest absolute Gasteiger partial charge is 0.0683 e. The van der Waals surface area contributed by atoms with Crippen LogP contribution >= 0.6 is 0 Å². The summed E-state index contributed by atoms with van der Waals surface area (Å²) in [6.07, 6.45) is 0. The van der Waals surface area contributed by atoms with E-state index in [0.717, 1.165) is 0 Å². The van der Waals surface area contributed by atoms with Crippen molar-refractivity contribution in [2.75, 3.05) is 0 Å². The molecule has 0 atom stereocenters. The molecular weight excluding hydrogens is 300 g/mol. The summed E-state index contributed by atoms with van der Waals surface area (Å²) in [7, 11) is 0. The summed E-state index contributed by atoms with van der Waals surface area (Å²) in [5.41, 5.74) is 6.39. The van der Waals surface area contributed by atoms with Crippen LogP contribution in [0.15, 0.2) is 78.9 Å². The third kappa shape index (κ3) is 6.97. The molecule has 0 saturated heterocycles. The summed E-state index contributed by atoms with van der Waals surface area (Å²) >= 11 is 0. The van der Waals surface area contributed by atoms with Crippen LogP contribution in [0.2, 0.25) is 0 Å². The van der Waals surface area contributed by atoms with Crippen molar-refractivity contribution in [3.05, 3.63) is 84.4 Å². The molecule has 0 bridgehead atoms. The Morgan fingerprint density at radius 1 is 0.400 bits per heavy atom. The third-order valence-electron chi connectivity index (χ3n) is 3.37. The normalized spacial score (nSPS) is 8.60. The highest BCUT2D eigenvalue weighted by Gasteiger charge is 2.05. The van der Waals surface area contributed by atoms with E-state index in [1.54, 1.807) is 0 Å². The van der Waals surface area contributed by atoms with Crippen molar-refractivity contribution >= 4 is 0 Å². The zero-order valence-electron chi connectivity index (χ0n) is 17.0. The minimum atomic E-state index is 1.26. The molecule has 0 aliphatic heterocycles. The molecule has 0 radical (unpaired) electrons. The lowest BCUT2D eigenvalue weighted by Crippen LogP contribution is -1.84. The van der Waals surface area contributed by atoms with Crippen molar-refractivity contribution in [3.63, 3.8) is 0 Å². The summed E-state index contributed by atoms with van der Waals surface area (Å²) in [5.74, 6) is 0. The fourth-order valence-corrected chi connectivity index (χ4v) is 2.34. The number of hydrogen-bond acceptors (Lipinski definition) is 0. The summed E-state index contributed by atoms with van der Waals surface area (Å²) in [4.78, 5) is 0. The van der Waals surface area contributed by atoms with Crippen molar-refractivity contribution in [2.45, 2.75) is 48.5 Å². The molecule has 0 unspecified atom stereocenters. The molecule has 0 N–H and O–H groups in total. The molecule has 3 aromatic rings. The maximum absolute atomic E-state index is 2.19. The fourth-order valence-electron chi connectivity index (χ4n) is 2.34. The van der Waals surface area contributed by atoms with Crippen LogP contribution in [0.3, 0.4) is 0 Å². The van der Waals surface area contributed by atoms with Gasteiger partial charge in [0.2, 0.25) is 0 Å². The Hall–Kier alpha value is -2.34. The van der Waals surface area contributed by atoms with Gasteiger partial charge in [0, 0.05) is 0 Å². The van der Waals surface area contributed by atoms with Crippen molar-refractivity contribution in [1.82, 2.24) is 0 Å². The van der Waals surface area contributed by atoms with Gasteiger partial charge in [0.25, 0.3) is 0 Å². The predicted octanol–water partition coefficient (Wildman–Crippen LogP) is 8.41. The first kappa shape index (κ1) is 22.7. The molecule has 25 heavy (non-hydrogen) atoms. The summed E-state index contributed by atoms with van der Waals surface area (Å²) < 4.78 is 0. The lowest BCUT2D eigenvalue weighted by molar-refractivity contribution is 1.47. The Labute approximate surface area is 155 Å². The van der Waals surface area contributed by atoms with Crippen LogP contribution in [0, 0.1) is 6.92 Å². The molecule has 0 nitrogen and oxygen atoms in total. The average molecular weight is 335 g/mol. The summed E-state index contributed by atoms with van der Waals surface area (Å²) in [6.45, 7) is 14.1. The molecule has 0 saturated carbocycles. The summed E-state index contributed by atoms with van der Waals surface area (Å²) in [6, 6.07) is 27.8. The van der Waals surface area contributed by atoms with Gasteiger partial charge in [-0.1, -0.05) is 126 Å². The van der Waals surface area contributed by atoms with Gasteiger partial charge in [0.15, 0.2) is 0 Å². The SMILES string of the molecule is CC.CC.CC.Cc1ccc(-c2ccccc2-c2ccccc2)cc1. The minimum Gasteiger partial charge on any atom is -0.0683 e. The average Bonchev–Trinajstić information content (AvgIpc) is 2.74. The highest BCUT2D eigenvalue weighted by Crippen LogP contribution is 2.31. The number of rotatable bonds is 2. The van der Waals surface area contributed by atoms with Gasteiger partial charge >= 0.3 is 0 Å². The molecule has 0 heterocycles. The molecule has 134 valence electrons. The first-order valence-electron chi connectivity index (χ1n) is 9.56. The Morgan fingerprint density at radius 2 is 0.760 bits per heavy atom. The standard InChI is InChI=1S/C19H16.3C2H6/c1-15-11-13-17(14-12-15)19-10-6-5-9-18(19)16-7-3-2-4-8-16;3*1-2/h2-14H,1H3;3*1-2H3. The highest BCUT2D eigenvalue weighted by atomic mass is 14.1. The zero-order valence-corrected chi connectivity index (χ0v) is 17.0. The minimum absolute atomic E-state index is 1.26. The Morgan fingerprint density at radius 3 is 1.20 bits per heavy atom. The van der Waals surface area contributed by atoms with E-state index < -0.39 is 0 Å². The maximum atomic E-state index is 2.19. The van der Waals surface area contributed by atoms with Crippen LogP contribution in [-0.4, -0.2) is 0 Å². The van der Waals surface area contributed by atoms with Gasteiger partial charge < -0.3 is 0 Å².